The quantitative estimate of drug-likeness (QED) is 0.781. The molecule has 1 heteroatoms. The van der Waals surface area contributed by atoms with Gasteiger partial charge in [0.1, 0.15) is 0 Å². The van der Waals surface area contributed by atoms with Crippen molar-refractivity contribution >= 4 is 0 Å². The molecule has 0 heterocycles. The third kappa shape index (κ3) is 4.05. The molecule has 1 rings (SSSR count). The number of benzene rings is 1. The van der Waals surface area contributed by atoms with Crippen LogP contribution in [0.15, 0.2) is 30.3 Å². The molecule has 0 amide bonds. The Morgan fingerprint density at radius 1 is 1.00 bits per heavy atom. The van der Waals surface area contributed by atoms with E-state index in [1.807, 2.05) is 0 Å². The van der Waals surface area contributed by atoms with Crippen molar-refractivity contribution in [3.63, 3.8) is 0 Å². The van der Waals surface area contributed by atoms with Gasteiger partial charge in [0, 0.05) is 6.04 Å². The first-order chi connectivity index (χ1) is 7.11. The summed E-state index contributed by atoms with van der Waals surface area (Å²) in [7, 11) is 0. The van der Waals surface area contributed by atoms with Crippen molar-refractivity contribution in [2.45, 2.75) is 45.6 Å². The zero-order chi connectivity index (χ0) is 11.3. The highest BCUT2D eigenvalue weighted by Crippen LogP contribution is 2.21. The Morgan fingerprint density at radius 2 is 1.60 bits per heavy atom. The highest BCUT2D eigenvalue weighted by atomic mass is 14.6. The minimum absolute atomic E-state index is 0.287. The normalized spacial score (nSPS) is 15.3. The molecular weight excluding hydrogens is 182 g/mol. The molecule has 0 aliphatic carbocycles. The maximum Gasteiger partial charge on any atom is 0.0105 e. The molecule has 0 spiro atoms. The summed E-state index contributed by atoms with van der Waals surface area (Å²) >= 11 is 0. The van der Waals surface area contributed by atoms with Crippen LogP contribution < -0.4 is 5.73 Å². The van der Waals surface area contributed by atoms with E-state index >= 15 is 0 Å². The molecular formula is C14H23N. The van der Waals surface area contributed by atoms with Crippen LogP contribution in [0, 0.1) is 5.92 Å². The number of hydrogen-bond acceptors (Lipinski definition) is 1. The lowest BCUT2D eigenvalue weighted by Crippen LogP contribution is -2.27. The largest absolute Gasteiger partial charge is 0.327 e. The molecule has 0 aliphatic rings. The molecule has 84 valence electrons. The summed E-state index contributed by atoms with van der Waals surface area (Å²) in [6, 6.07) is 10.8. The first-order valence-electron chi connectivity index (χ1n) is 5.91. The molecule has 15 heavy (non-hydrogen) atoms. The van der Waals surface area contributed by atoms with Gasteiger partial charge in [0.2, 0.25) is 0 Å². The predicted octanol–water partition coefficient (Wildman–Crippen LogP) is 3.55. The van der Waals surface area contributed by atoms with Gasteiger partial charge in [-0.2, -0.15) is 0 Å². The average molecular weight is 205 g/mol. The van der Waals surface area contributed by atoms with E-state index in [2.05, 4.69) is 51.1 Å². The van der Waals surface area contributed by atoms with Crippen LogP contribution in [0.2, 0.25) is 0 Å². The van der Waals surface area contributed by atoms with Crippen LogP contribution in [0.3, 0.4) is 0 Å². The maximum atomic E-state index is 6.20. The first-order valence-corrected chi connectivity index (χ1v) is 5.91. The van der Waals surface area contributed by atoms with E-state index in [1.165, 1.54) is 12.0 Å². The van der Waals surface area contributed by atoms with Crippen LogP contribution in [0.1, 0.15) is 45.1 Å². The van der Waals surface area contributed by atoms with Gasteiger partial charge >= 0.3 is 0 Å². The average Bonchev–Trinajstić information content (AvgIpc) is 2.26. The summed E-state index contributed by atoms with van der Waals surface area (Å²) in [5.74, 6) is 1.21. The Bertz CT molecular complexity index is 266. The van der Waals surface area contributed by atoms with Gasteiger partial charge < -0.3 is 5.73 Å². The van der Waals surface area contributed by atoms with Crippen LogP contribution in [-0.2, 0) is 0 Å². The molecule has 0 saturated carbocycles. The van der Waals surface area contributed by atoms with Gasteiger partial charge in [-0.1, -0.05) is 51.1 Å². The van der Waals surface area contributed by atoms with Gasteiger partial charge in [-0.05, 0) is 30.2 Å². The maximum absolute atomic E-state index is 6.20. The molecule has 0 fully saturated rings. The standard InChI is InChI=1S/C14H23N/c1-11(2)9-10-14(15)12(3)13-7-5-4-6-8-13/h4-8,11-12,14H,9-10,15H2,1-3H3. The lowest BCUT2D eigenvalue weighted by molar-refractivity contribution is 0.457. The third-order valence-corrected chi connectivity index (χ3v) is 3.04. The van der Waals surface area contributed by atoms with Crippen molar-refractivity contribution in [3.05, 3.63) is 35.9 Å². The van der Waals surface area contributed by atoms with Gasteiger partial charge in [0.25, 0.3) is 0 Å². The molecule has 0 aliphatic heterocycles. The molecule has 0 radical (unpaired) electrons. The number of hydrogen-bond donors (Lipinski definition) is 1. The highest BCUT2D eigenvalue weighted by Gasteiger charge is 2.14. The Kier molecular flexibility index (Phi) is 4.83. The molecule has 2 unspecified atom stereocenters. The molecule has 0 bridgehead atoms. The van der Waals surface area contributed by atoms with Crippen molar-refractivity contribution in [3.8, 4) is 0 Å². The van der Waals surface area contributed by atoms with Crippen molar-refractivity contribution in [2.24, 2.45) is 11.7 Å². The van der Waals surface area contributed by atoms with E-state index in [1.54, 1.807) is 0 Å². The van der Waals surface area contributed by atoms with Crippen molar-refractivity contribution in [1.29, 1.82) is 0 Å². The second kappa shape index (κ2) is 5.92. The molecule has 0 saturated heterocycles. The number of rotatable bonds is 5. The van der Waals surface area contributed by atoms with E-state index in [9.17, 15) is 0 Å². The SMILES string of the molecule is CC(C)CCC(N)C(C)c1ccccc1. The minimum Gasteiger partial charge on any atom is -0.327 e. The third-order valence-electron chi connectivity index (χ3n) is 3.04. The monoisotopic (exact) mass is 205 g/mol. The zero-order valence-corrected chi connectivity index (χ0v) is 10.1. The molecule has 2 atom stereocenters. The smallest absolute Gasteiger partial charge is 0.0105 e. The van der Waals surface area contributed by atoms with E-state index in [0.29, 0.717) is 5.92 Å². The number of nitrogens with two attached hydrogens (primary N) is 1. The Balaban J connectivity index is 2.49. The van der Waals surface area contributed by atoms with E-state index in [-0.39, 0.29) is 6.04 Å². The summed E-state index contributed by atoms with van der Waals surface area (Å²) in [6.45, 7) is 6.72. The van der Waals surface area contributed by atoms with E-state index in [4.69, 9.17) is 5.73 Å². The van der Waals surface area contributed by atoms with E-state index in [0.717, 1.165) is 12.3 Å². The summed E-state index contributed by atoms with van der Waals surface area (Å²) in [5, 5.41) is 0. The van der Waals surface area contributed by atoms with Gasteiger partial charge in [-0.25, -0.2) is 0 Å². The molecule has 0 aromatic heterocycles. The lowest BCUT2D eigenvalue weighted by Gasteiger charge is -2.21. The molecule has 1 nitrogen and oxygen atoms in total. The Hall–Kier alpha value is -0.820. The van der Waals surface area contributed by atoms with Crippen LogP contribution in [0.4, 0.5) is 0 Å². The summed E-state index contributed by atoms with van der Waals surface area (Å²) in [5.41, 5.74) is 7.55. The zero-order valence-electron chi connectivity index (χ0n) is 10.1. The predicted molar refractivity (Wildman–Crippen MR) is 66.9 cm³/mol. The second-order valence-corrected chi connectivity index (χ2v) is 4.83. The van der Waals surface area contributed by atoms with Crippen molar-refractivity contribution in [2.75, 3.05) is 0 Å². The molecule has 1 aromatic carbocycles. The summed E-state index contributed by atoms with van der Waals surface area (Å²) in [4.78, 5) is 0. The van der Waals surface area contributed by atoms with Crippen molar-refractivity contribution < 1.29 is 0 Å². The fourth-order valence-corrected chi connectivity index (χ4v) is 1.78. The van der Waals surface area contributed by atoms with Crippen LogP contribution in [-0.4, -0.2) is 6.04 Å². The Morgan fingerprint density at radius 3 is 2.13 bits per heavy atom. The van der Waals surface area contributed by atoms with Gasteiger partial charge in [-0.3, -0.25) is 0 Å². The van der Waals surface area contributed by atoms with Crippen LogP contribution in [0.25, 0.3) is 0 Å². The first kappa shape index (κ1) is 12.3. The van der Waals surface area contributed by atoms with Crippen LogP contribution in [0.5, 0.6) is 0 Å². The minimum atomic E-state index is 0.287. The lowest BCUT2D eigenvalue weighted by atomic mass is 9.89. The van der Waals surface area contributed by atoms with Gasteiger partial charge in [0.15, 0.2) is 0 Å². The van der Waals surface area contributed by atoms with Crippen LogP contribution >= 0.6 is 0 Å². The highest BCUT2D eigenvalue weighted by molar-refractivity contribution is 5.20. The van der Waals surface area contributed by atoms with Gasteiger partial charge in [0.05, 0.1) is 0 Å². The fraction of sp³-hybridized carbons (Fsp3) is 0.571. The summed E-state index contributed by atoms with van der Waals surface area (Å²) in [6.07, 6.45) is 2.34. The fourth-order valence-electron chi connectivity index (χ4n) is 1.78. The topological polar surface area (TPSA) is 26.0 Å². The Labute approximate surface area is 93.7 Å². The van der Waals surface area contributed by atoms with Crippen molar-refractivity contribution in [1.82, 2.24) is 0 Å². The molecule has 1 aromatic rings. The second-order valence-electron chi connectivity index (χ2n) is 4.83. The summed E-state index contributed by atoms with van der Waals surface area (Å²) < 4.78 is 0. The van der Waals surface area contributed by atoms with Gasteiger partial charge in [-0.15, -0.1) is 0 Å². The molecule has 2 N–H and O–H groups in total. The van der Waals surface area contributed by atoms with E-state index < -0.39 is 0 Å².